The smallest absolute Gasteiger partial charge is 0.261 e. The summed E-state index contributed by atoms with van der Waals surface area (Å²) in [5, 5.41) is 0. The maximum atomic E-state index is 13.4. The summed E-state index contributed by atoms with van der Waals surface area (Å²) in [6.07, 6.45) is 4.37. The molecule has 2 unspecified atom stereocenters. The Labute approximate surface area is 211 Å². The van der Waals surface area contributed by atoms with E-state index < -0.39 is 0 Å². The number of β-lactam (4-membered cyclic amide) rings is 1. The largest absolute Gasteiger partial charge is 0.274 e. The first-order valence-corrected chi connectivity index (χ1v) is 11.9. The molecule has 1 aliphatic heterocycles. The molecule has 4 aromatic rings. The summed E-state index contributed by atoms with van der Waals surface area (Å²) in [6.45, 7) is 7.27. The number of rotatable bonds is 6. The molecule has 4 aromatic carbocycles. The highest BCUT2D eigenvalue weighted by Gasteiger charge is 2.49. The van der Waals surface area contributed by atoms with Crippen LogP contribution in [0, 0.1) is 12.5 Å². The van der Waals surface area contributed by atoms with E-state index in [2.05, 4.69) is 4.85 Å². The van der Waals surface area contributed by atoms with Crippen LogP contribution in [0.3, 0.4) is 0 Å². The zero-order valence-electron chi connectivity index (χ0n) is 19.6. The summed E-state index contributed by atoms with van der Waals surface area (Å²) in [5.41, 5.74) is 5.03. The molecule has 5 rings (SSSR count). The van der Waals surface area contributed by atoms with E-state index in [9.17, 15) is 9.59 Å². The molecule has 4 nitrogen and oxygen atoms in total. The third-order valence-electron chi connectivity index (χ3n) is 6.50. The van der Waals surface area contributed by atoms with Crippen molar-refractivity contribution < 1.29 is 9.59 Å². The summed E-state index contributed by atoms with van der Waals surface area (Å²) in [6, 6.07) is 34.1. The van der Waals surface area contributed by atoms with Gasteiger partial charge in [0.1, 0.15) is 0 Å². The number of carbonyl (C=O) groups excluding carboxylic acids is 2. The second kappa shape index (κ2) is 10.2. The van der Waals surface area contributed by atoms with Gasteiger partial charge in [0.05, 0.1) is 18.5 Å². The Kier molecular flexibility index (Phi) is 6.55. The molecule has 0 spiro atoms. The highest BCUT2D eigenvalue weighted by Crippen LogP contribution is 2.34. The van der Waals surface area contributed by atoms with E-state index in [1.54, 1.807) is 18.2 Å². The summed E-state index contributed by atoms with van der Waals surface area (Å²) >= 11 is 0. The van der Waals surface area contributed by atoms with Gasteiger partial charge < -0.3 is 0 Å². The van der Waals surface area contributed by atoms with Crippen LogP contribution in [0.4, 0.5) is 5.69 Å². The lowest BCUT2D eigenvalue weighted by atomic mass is 9.81. The lowest BCUT2D eigenvalue weighted by molar-refractivity contribution is -0.147. The minimum atomic E-state index is -0.365. The summed E-state index contributed by atoms with van der Waals surface area (Å²) in [7, 11) is 0. The Morgan fingerprint density at radius 3 is 2.19 bits per heavy atom. The van der Waals surface area contributed by atoms with Crippen LogP contribution in [0.2, 0.25) is 0 Å². The third kappa shape index (κ3) is 4.73. The van der Waals surface area contributed by atoms with E-state index >= 15 is 0 Å². The second-order valence-electron chi connectivity index (χ2n) is 8.81. The van der Waals surface area contributed by atoms with E-state index in [0.29, 0.717) is 17.7 Å². The van der Waals surface area contributed by atoms with Crippen molar-refractivity contribution in [3.05, 3.63) is 143 Å². The Balaban J connectivity index is 1.40. The second-order valence-corrected chi connectivity index (χ2v) is 8.81. The van der Waals surface area contributed by atoms with Crippen LogP contribution in [-0.2, 0) is 11.2 Å². The zero-order valence-corrected chi connectivity index (χ0v) is 19.6. The Morgan fingerprint density at radius 1 is 0.833 bits per heavy atom. The quantitative estimate of drug-likeness (QED) is 0.177. The number of carbonyl (C=O) groups is 2. The van der Waals surface area contributed by atoms with Gasteiger partial charge in [0.25, 0.3) is 5.91 Å². The van der Waals surface area contributed by atoms with Crippen molar-refractivity contribution in [2.45, 2.75) is 12.5 Å². The van der Waals surface area contributed by atoms with Crippen molar-refractivity contribution in [1.82, 2.24) is 4.90 Å². The number of benzene rings is 4. The first kappa shape index (κ1) is 23.0. The van der Waals surface area contributed by atoms with Gasteiger partial charge in [0.15, 0.2) is 5.69 Å². The molecule has 0 saturated carbocycles. The third-order valence-corrected chi connectivity index (χ3v) is 6.50. The molecular formula is C32H24N2O2. The first-order valence-electron chi connectivity index (χ1n) is 11.9. The maximum Gasteiger partial charge on any atom is 0.261 e. The van der Waals surface area contributed by atoms with Crippen LogP contribution >= 0.6 is 0 Å². The van der Waals surface area contributed by atoms with Gasteiger partial charge in [-0.15, -0.1) is 0 Å². The van der Waals surface area contributed by atoms with Crippen molar-refractivity contribution in [3.63, 3.8) is 0 Å². The van der Waals surface area contributed by atoms with Gasteiger partial charge in [-0.3, -0.25) is 14.5 Å². The van der Waals surface area contributed by atoms with Crippen molar-refractivity contribution in [2.24, 2.45) is 5.92 Å². The maximum absolute atomic E-state index is 13.4. The zero-order chi connectivity index (χ0) is 24.9. The van der Waals surface area contributed by atoms with Crippen LogP contribution in [0.15, 0.2) is 115 Å². The lowest BCUT2D eigenvalue weighted by Gasteiger charge is -2.44. The molecule has 0 aromatic heterocycles. The molecule has 1 fully saturated rings. The molecule has 174 valence electrons. The van der Waals surface area contributed by atoms with Crippen LogP contribution in [0.25, 0.3) is 22.0 Å². The van der Waals surface area contributed by atoms with Gasteiger partial charge in [0, 0.05) is 5.56 Å². The van der Waals surface area contributed by atoms with Crippen LogP contribution < -0.4 is 0 Å². The van der Waals surface area contributed by atoms with E-state index in [-0.39, 0.29) is 23.8 Å². The highest BCUT2D eigenvalue weighted by atomic mass is 16.2. The molecule has 2 amide bonds. The van der Waals surface area contributed by atoms with Crippen molar-refractivity contribution in [3.8, 4) is 11.1 Å². The Hall–Kier alpha value is -4.75. The number of amides is 2. The number of nitrogens with zero attached hydrogens (tertiary/aromatic N) is 2. The monoisotopic (exact) mass is 468 g/mol. The predicted octanol–water partition coefficient (Wildman–Crippen LogP) is 6.83. The van der Waals surface area contributed by atoms with Crippen LogP contribution in [0.1, 0.15) is 21.5 Å². The molecule has 4 heteroatoms. The predicted molar refractivity (Wildman–Crippen MR) is 142 cm³/mol. The van der Waals surface area contributed by atoms with Crippen LogP contribution in [-0.4, -0.2) is 22.8 Å². The number of imide groups is 1. The van der Waals surface area contributed by atoms with Crippen molar-refractivity contribution in [2.75, 3.05) is 0 Å². The van der Waals surface area contributed by atoms with Crippen molar-refractivity contribution in [1.29, 1.82) is 0 Å². The fourth-order valence-electron chi connectivity index (χ4n) is 4.59. The van der Waals surface area contributed by atoms with Gasteiger partial charge in [-0.05, 0) is 35.2 Å². The summed E-state index contributed by atoms with van der Waals surface area (Å²) < 4.78 is 0. The first-order chi connectivity index (χ1) is 17.6. The van der Waals surface area contributed by atoms with Gasteiger partial charge in [-0.25, -0.2) is 4.85 Å². The fourth-order valence-corrected chi connectivity index (χ4v) is 4.59. The Morgan fingerprint density at radius 2 is 1.50 bits per heavy atom. The van der Waals surface area contributed by atoms with E-state index in [0.717, 1.165) is 22.3 Å². The average molecular weight is 469 g/mol. The number of hydrogen-bond donors (Lipinski definition) is 0. The molecule has 0 N–H and O–H groups in total. The molecule has 1 saturated heterocycles. The van der Waals surface area contributed by atoms with Gasteiger partial charge >= 0.3 is 0 Å². The normalized spacial score (nSPS) is 17.0. The number of hydrogen-bond acceptors (Lipinski definition) is 2. The van der Waals surface area contributed by atoms with Crippen LogP contribution in [0.5, 0.6) is 0 Å². The molecule has 1 aliphatic rings. The van der Waals surface area contributed by atoms with E-state index in [4.69, 9.17) is 6.57 Å². The molecule has 2 atom stereocenters. The van der Waals surface area contributed by atoms with Gasteiger partial charge in [0.2, 0.25) is 5.91 Å². The number of likely N-dealkylation sites (tertiary alicyclic amines) is 1. The molecule has 0 bridgehead atoms. The van der Waals surface area contributed by atoms with Crippen molar-refractivity contribution >= 4 is 23.6 Å². The van der Waals surface area contributed by atoms with Gasteiger partial charge in [-0.2, -0.15) is 0 Å². The fraction of sp³-hybridized carbons (Fsp3) is 0.0938. The molecule has 0 aliphatic carbocycles. The van der Waals surface area contributed by atoms with E-state index in [1.165, 1.54) is 4.90 Å². The Bertz CT molecular complexity index is 1450. The molecule has 36 heavy (non-hydrogen) atoms. The van der Waals surface area contributed by atoms with E-state index in [1.807, 2.05) is 103 Å². The molecule has 1 heterocycles. The highest BCUT2D eigenvalue weighted by molar-refractivity contribution is 6.10. The minimum absolute atomic E-state index is 0.192. The average Bonchev–Trinajstić information content (AvgIpc) is 2.95. The summed E-state index contributed by atoms with van der Waals surface area (Å²) in [5.74, 6) is -0.852. The summed E-state index contributed by atoms with van der Waals surface area (Å²) in [4.78, 5) is 31.5. The standard InChI is InChI=1S/C32H24N2O2/c1-33-28-14-8-11-24(21-28)22-29-30(20-15-23-9-4-2-5-10-23)34(32(29)36)31(35)27-18-16-26(17-19-27)25-12-6-3-7-13-25/h2-21,29-30H,22H2/b20-15+. The molecular weight excluding hydrogens is 444 g/mol. The topological polar surface area (TPSA) is 41.7 Å². The van der Waals surface area contributed by atoms with Gasteiger partial charge in [-0.1, -0.05) is 115 Å². The lowest BCUT2D eigenvalue weighted by Crippen LogP contribution is -2.62. The minimum Gasteiger partial charge on any atom is -0.274 e. The SMILES string of the molecule is [C-]#[N+]c1cccc(CC2C(=O)N(C(=O)c3ccc(-c4ccccc4)cc3)C2/C=C/c2ccccc2)c1. The molecule has 0 radical (unpaired) electrons.